The van der Waals surface area contributed by atoms with E-state index in [-0.39, 0.29) is 22.3 Å². The number of hydrogen-bond acceptors (Lipinski definition) is 3. The highest BCUT2D eigenvalue weighted by molar-refractivity contribution is 7.88. The zero-order chi connectivity index (χ0) is 18.7. The van der Waals surface area contributed by atoms with Gasteiger partial charge in [-0.05, 0) is 48.2 Å². The Hall–Kier alpha value is -1.63. The predicted molar refractivity (Wildman–Crippen MR) is 103 cm³/mol. The maximum absolute atomic E-state index is 13.4. The molecule has 0 aromatic heterocycles. The standard InChI is InChI=1S/C19H22ClFN2O2S/c1-22(26(24,25)14-16-11-17(21)7-8-19(16)20)12-15-9-10-23(13-15)18-5-3-2-4-6-18/h2-8,11,15H,9-10,12-14H2,1H3. The van der Waals surface area contributed by atoms with E-state index < -0.39 is 15.8 Å². The molecular formula is C19H22ClFN2O2S. The van der Waals surface area contributed by atoms with Crippen LogP contribution < -0.4 is 4.90 Å². The molecule has 0 spiro atoms. The van der Waals surface area contributed by atoms with Crippen LogP contribution in [0.5, 0.6) is 0 Å². The number of halogens is 2. The van der Waals surface area contributed by atoms with Crippen molar-refractivity contribution in [2.75, 3.05) is 31.6 Å². The normalized spacial score (nSPS) is 17.8. The van der Waals surface area contributed by atoms with Gasteiger partial charge in [0.25, 0.3) is 0 Å². The van der Waals surface area contributed by atoms with Gasteiger partial charge in [0.15, 0.2) is 0 Å². The molecule has 0 bridgehead atoms. The Morgan fingerprint density at radius 3 is 2.69 bits per heavy atom. The zero-order valence-corrected chi connectivity index (χ0v) is 16.2. The molecule has 1 unspecified atom stereocenters. The average Bonchev–Trinajstić information content (AvgIpc) is 3.07. The third-order valence-electron chi connectivity index (χ3n) is 4.74. The van der Waals surface area contributed by atoms with Crippen molar-refractivity contribution in [3.8, 4) is 0 Å². The molecule has 1 heterocycles. The van der Waals surface area contributed by atoms with E-state index in [1.54, 1.807) is 7.05 Å². The maximum Gasteiger partial charge on any atom is 0.218 e. The second-order valence-corrected chi connectivity index (χ2v) is 9.19. The largest absolute Gasteiger partial charge is 0.371 e. The van der Waals surface area contributed by atoms with Gasteiger partial charge >= 0.3 is 0 Å². The van der Waals surface area contributed by atoms with Gasteiger partial charge in [0.2, 0.25) is 10.0 Å². The number of para-hydroxylation sites is 1. The molecule has 1 atom stereocenters. The van der Waals surface area contributed by atoms with Gasteiger partial charge in [-0.25, -0.2) is 17.1 Å². The van der Waals surface area contributed by atoms with Crippen molar-refractivity contribution in [1.29, 1.82) is 0 Å². The van der Waals surface area contributed by atoms with Gasteiger partial charge in [-0.3, -0.25) is 0 Å². The number of nitrogens with zero attached hydrogens (tertiary/aromatic N) is 2. The minimum Gasteiger partial charge on any atom is -0.371 e. The monoisotopic (exact) mass is 396 g/mol. The summed E-state index contributed by atoms with van der Waals surface area (Å²) in [5.74, 6) is -0.524. The Kier molecular flexibility index (Phi) is 5.85. The van der Waals surface area contributed by atoms with Crippen LogP contribution in [0.25, 0.3) is 0 Å². The van der Waals surface area contributed by atoms with E-state index in [0.717, 1.165) is 25.2 Å². The Morgan fingerprint density at radius 1 is 1.23 bits per heavy atom. The summed E-state index contributed by atoms with van der Waals surface area (Å²) in [7, 11) is -1.98. The third kappa shape index (κ3) is 4.55. The minimum atomic E-state index is -3.56. The molecule has 2 aromatic carbocycles. The molecule has 0 aliphatic carbocycles. The van der Waals surface area contributed by atoms with Crippen molar-refractivity contribution in [2.24, 2.45) is 5.92 Å². The van der Waals surface area contributed by atoms with Gasteiger partial charge in [0, 0.05) is 37.4 Å². The second kappa shape index (κ2) is 7.94. The molecule has 2 aromatic rings. The van der Waals surface area contributed by atoms with Crippen LogP contribution >= 0.6 is 11.6 Å². The van der Waals surface area contributed by atoms with Crippen molar-refractivity contribution in [1.82, 2.24) is 4.31 Å². The van der Waals surface area contributed by atoms with Crippen molar-refractivity contribution in [3.05, 3.63) is 64.9 Å². The third-order valence-corrected chi connectivity index (χ3v) is 6.89. The highest BCUT2D eigenvalue weighted by atomic mass is 35.5. The summed E-state index contributed by atoms with van der Waals surface area (Å²) in [5.41, 5.74) is 1.45. The van der Waals surface area contributed by atoms with Crippen molar-refractivity contribution >= 4 is 27.3 Å². The van der Waals surface area contributed by atoms with Crippen LogP contribution in [0.1, 0.15) is 12.0 Å². The lowest BCUT2D eigenvalue weighted by atomic mass is 10.1. The predicted octanol–water partition coefficient (Wildman–Crippen LogP) is 3.77. The topological polar surface area (TPSA) is 40.6 Å². The van der Waals surface area contributed by atoms with E-state index in [2.05, 4.69) is 17.0 Å². The molecule has 1 saturated heterocycles. The molecule has 3 rings (SSSR count). The first-order chi connectivity index (χ1) is 12.3. The number of benzene rings is 2. The highest BCUT2D eigenvalue weighted by Crippen LogP contribution is 2.26. The summed E-state index contributed by atoms with van der Waals surface area (Å²) < 4.78 is 40.0. The van der Waals surface area contributed by atoms with E-state index in [9.17, 15) is 12.8 Å². The first-order valence-corrected chi connectivity index (χ1v) is 10.5. The lowest BCUT2D eigenvalue weighted by Gasteiger charge is -2.22. The van der Waals surface area contributed by atoms with Crippen LogP contribution in [0.3, 0.4) is 0 Å². The van der Waals surface area contributed by atoms with Gasteiger partial charge in [0.05, 0.1) is 5.75 Å². The van der Waals surface area contributed by atoms with Gasteiger partial charge in [0.1, 0.15) is 5.82 Å². The maximum atomic E-state index is 13.4. The molecule has 0 amide bonds. The van der Waals surface area contributed by atoms with Crippen LogP contribution in [0.2, 0.25) is 5.02 Å². The van der Waals surface area contributed by atoms with Gasteiger partial charge in [-0.15, -0.1) is 0 Å². The molecule has 1 aliphatic rings. The lowest BCUT2D eigenvalue weighted by Crippen LogP contribution is -2.34. The van der Waals surface area contributed by atoms with E-state index in [0.29, 0.717) is 6.54 Å². The quantitative estimate of drug-likeness (QED) is 0.746. The van der Waals surface area contributed by atoms with E-state index in [4.69, 9.17) is 11.6 Å². The van der Waals surface area contributed by atoms with E-state index >= 15 is 0 Å². The van der Waals surface area contributed by atoms with E-state index in [1.165, 1.54) is 22.5 Å². The number of hydrogen-bond donors (Lipinski definition) is 0. The Labute approximate surface area is 159 Å². The first kappa shape index (κ1) is 19.1. The van der Waals surface area contributed by atoms with E-state index in [1.807, 2.05) is 18.2 Å². The highest BCUT2D eigenvalue weighted by Gasteiger charge is 2.28. The Bertz CT molecular complexity index is 861. The van der Waals surface area contributed by atoms with Crippen molar-refractivity contribution in [3.63, 3.8) is 0 Å². The van der Waals surface area contributed by atoms with Crippen molar-refractivity contribution in [2.45, 2.75) is 12.2 Å². The van der Waals surface area contributed by atoms with Crippen LogP contribution in [0, 0.1) is 11.7 Å². The summed E-state index contributed by atoms with van der Waals surface area (Å²) in [4.78, 5) is 2.27. The average molecular weight is 397 g/mol. The molecule has 0 radical (unpaired) electrons. The molecule has 1 aliphatic heterocycles. The number of rotatable bonds is 6. The molecule has 140 valence electrons. The second-order valence-electron chi connectivity index (χ2n) is 6.71. The molecule has 0 N–H and O–H groups in total. The van der Waals surface area contributed by atoms with Gasteiger partial charge < -0.3 is 4.90 Å². The zero-order valence-electron chi connectivity index (χ0n) is 14.6. The Morgan fingerprint density at radius 2 is 1.96 bits per heavy atom. The SMILES string of the molecule is CN(CC1CCN(c2ccccc2)C1)S(=O)(=O)Cc1cc(F)ccc1Cl. The molecule has 26 heavy (non-hydrogen) atoms. The lowest BCUT2D eigenvalue weighted by molar-refractivity contribution is 0.401. The minimum absolute atomic E-state index is 0.262. The number of anilines is 1. The summed E-state index contributed by atoms with van der Waals surface area (Å²) >= 11 is 6.01. The van der Waals surface area contributed by atoms with Gasteiger partial charge in [-0.2, -0.15) is 0 Å². The molecule has 4 nitrogen and oxygen atoms in total. The first-order valence-electron chi connectivity index (χ1n) is 8.53. The fourth-order valence-corrected chi connectivity index (χ4v) is 4.85. The van der Waals surface area contributed by atoms with Crippen LogP contribution in [0.15, 0.2) is 48.5 Å². The van der Waals surface area contributed by atoms with Crippen LogP contribution in [0.4, 0.5) is 10.1 Å². The summed E-state index contributed by atoms with van der Waals surface area (Å²) in [5, 5.41) is 0.263. The fourth-order valence-electron chi connectivity index (χ4n) is 3.29. The fraction of sp³-hybridized carbons (Fsp3) is 0.368. The molecule has 7 heteroatoms. The summed E-state index contributed by atoms with van der Waals surface area (Å²) in [6, 6.07) is 13.9. The molecule has 1 fully saturated rings. The summed E-state index contributed by atoms with van der Waals surface area (Å²) in [6.45, 7) is 2.18. The van der Waals surface area contributed by atoms with Crippen LogP contribution in [-0.2, 0) is 15.8 Å². The number of sulfonamides is 1. The Balaban J connectivity index is 1.62. The molecular weight excluding hydrogens is 375 g/mol. The van der Waals surface area contributed by atoms with Crippen LogP contribution in [-0.4, -0.2) is 39.4 Å². The molecule has 0 saturated carbocycles. The smallest absolute Gasteiger partial charge is 0.218 e. The van der Waals surface area contributed by atoms with Gasteiger partial charge in [-0.1, -0.05) is 29.8 Å². The summed E-state index contributed by atoms with van der Waals surface area (Å²) in [6.07, 6.45) is 0.940. The van der Waals surface area contributed by atoms with Crippen molar-refractivity contribution < 1.29 is 12.8 Å².